The molecular formula is C10H12O3. The van der Waals surface area contributed by atoms with Crippen LogP contribution in [0.3, 0.4) is 0 Å². The van der Waals surface area contributed by atoms with Crippen molar-refractivity contribution in [3.05, 3.63) is 23.8 Å². The lowest BCUT2D eigenvalue weighted by Gasteiger charge is -2.01. The molecule has 0 bridgehead atoms. The zero-order valence-electron chi connectivity index (χ0n) is 7.23. The smallest absolute Gasteiger partial charge is 0.157 e. The highest BCUT2D eigenvalue weighted by Gasteiger charge is 1.99. The number of rotatable bonds is 4. The Morgan fingerprint density at radius 2 is 2.00 bits per heavy atom. The molecule has 3 nitrogen and oxygen atoms in total. The molecule has 0 amide bonds. The summed E-state index contributed by atoms with van der Waals surface area (Å²) in [6, 6.07) is 4.70. The second-order valence-electron chi connectivity index (χ2n) is 2.88. The third kappa shape index (κ3) is 2.78. The molecular weight excluding hydrogens is 168 g/mol. The van der Waals surface area contributed by atoms with Crippen molar-refractivity contribution in [1.82, 2.24) is 0 Å². The van der Waals surface area contributed by atoms with Gasteiger partial charge in [0.25, 0.3) is 0 Å². The minimum atomic E-state index is -0.112. The molecule has 3 heteroatoms. The molecule has 0 radical (unpaired) electrons. The van der Waals surface area contributed by atoms with Crippen LogP contribution in [0.2, 0.25) is 0 Å². The standard InChI is InChI=1S/C10H12O3/c11-6-2-1-3-8-4-5-9(12)10(13)7-8/h4-7,12-13H,1-3H2. The maximum Gasteiger partial charge on any atom is 0.157 e. The average Bonchev–Trinajstić information content (AvgIpc) is 2.12. The summed E-state index contributed by atoms with van der Waals surface area (Å²) in [5.74, 6) is -0.220. The molecule has 0 fully saturated rings. The number of carbonyl (C=O) groups excluding carboxylic acids is 1. The summed E-state index contributed by atoms with van der Waals surface area (Å²) in [5, 5.41) is 18.1. The number of aldehydes is 1. The predicted molar refractivity (Wildman–Crippen MR) is 48.8 cm³/mol. The average molecular weight is 180 g/mol. The first-order valence-corrected chi connectivity index (χ1v) is 4.18. The molecule has 0 aromatic heterocycles. The molecule has 1 rings (SSSR count). The highest BCUT2D eigenvalue weighted by atomic mass is 16.3. The highest BCUT2D eigenvalue weighted by Crippen LogP contribution is 2.25. The van der Waals surface area contributed by atoms with Crippen molar-refractivity contribution >= 4 is 6.29 Å². The second-order valence-corrected chi connectivity index (χ2v) is 2.88. The maximum atomic E-state index is 10.0. The number of unbranched alkanes of at least 4 members (excludes halogenated alkanes) is 1. The highest BCUT2D eigenvalue weighted by molar-refractivity contribution is 5.49. The first-order valence-electron chi connectivity index (χ1n) is 4.18. The molecule has 0 unspecified atom stereocenters. The van der Waals surface area contributed by atoms with E-state index in [9.17, 15) is 4.79 Å². The van der Waals surface area contributed by atoms with E-state index in [1.165, 1.54) is 12.1 Å². The molecule has 0 spiro atoms. The Hall–Kier alpha value is -1.51. The number of hydrogen-bond donors (Lipinski definition) is 2. The van der Waals surface area contributed by atoms with Crippen molar-refractivity contribution in [3.8, 4) is 11.5 Å². The van der Waals surface area contributed by atoms with E-state index in [0.717, 1.165) is 24.7 Å². The van der Waals surface area contributed by atoms with Crippen molar-refractivity contribution in [2.24, 2.45) is 0 Å². The van der Waals surface area contributed by atoms with E-state index in [1.807, 2.05) is 0 Å². The molecule has 0 saturated carbocycles. The van der Waals surface area contributed by atoms with Crippen LogP contribution in [0, 0.1) is 0 Å². The molecule has 2 N–H and O–H groups in total. The summed E-state index contributed by atoms with van der Waals surface area (Å²) in [7, 11) is 0. The van der Waals surface area contributed by atoms with E-state index in [2.05, 4.69) is 0 Å². The Labute approximate surface area is 76.6 Å². The third-order valence-corrected chi connectivity index (χ3v) is 1.83. The maximum absolute atomic E-state index is 10.0. The van der Waals surface area contributed by atoms with Gasteiger partial charge >= 0.3 is 0 Å². The molecule has 1 aromatic rings. The Kier molecular flexibility index (Phi) is 3.31. The largest absolute Gasteiger partial charge is 0.504 e. The van der Waals surface area contributed by atoms with Crippen molar-refractivity contribution in [2.45, 2.75) is 19.3 Å². The molecule has 70 valence electrons. The summed E-state index contributed by atoms with van der Waals surface area (Å²) in [6.07, 6.45) is 2.92. The fraction of sp³-hybridized carbons (Fsp3) is 0.300. The van der Waals surface area contributed by atoms with Gasteiger partial charge in [-0.25, -0.2) is 0 Å². The van der Waals surface area contributed by atoms with Crippen LogP contribution < -0.4 is 0 Å². The summed E-state index contributed by atoms with van der Waals surface area (Å²) >= 11 is 0. The van der Waals surface area contributed by atoms with Crippen LogP contribution in [0.5, 0.6) is 11.5 Å². The zero-order valence-corrected chi connectivity index (χ0v) is 7.23. The number of hydrogen-bond acceptors (Lipinski definition) is 3. The van der Waals surface area contributed by atoms with E-state index >= 15 is 0 Å². The summed E-state index contributed by atoms with van der Waals surface area (Å²) < 4.78 is 0. The molecule has 0 aliphatic rings. The second kappa shape index (κ2) is 4.50. The van der Waals surface area contributed by atoms with Crippen LogP contribution in [0.4, 0.5) is 0 Å². The lowest BCUT2D eigenvalue weighted by atomic mass is 10.1. The van der Waals surface area contributed by atoms with Crippen LogP contribution in [0.25, 0.3) is 0 Å². The minimum Gasteiger partial charge on any atom is -0.504 e. The number of phenols is 2. The fourth-order valence-corrected chi connectivity index (χ4v) is 1.11. The molecule has 0 saturated heterocycles. The van der Waals surface area contributed by atoms with Crippen molar-refractivity contribution in [2.75, 3.05) is 0 Å². The van der Waals surface area contributed by atoms with Gasteiger partial charge in [0.2, 0.25) is 0 Å². The van der Waals surface area contributed by atoms with Gasteiger partial charge in [-0.2, -0.15) is 0 Å². The molecule has 0 aliphatic heterocycles. The Balaban J connectivity index is 2.57. The molecule has 0 atom stereocenters. The van der Waals surface area contributed by atoms with Gasteiger partial charge in [0.1, 0.15) is 6.29 Å². The Morgan fingerprint density at radius 3 is 2.62 bits per heavy atom. The van der Waals surface area contributed by atoms with Gasteiger partial charge in [-0.15, -0.1) is 0 Å². The number of aromatic hydroxyl groups is 2. The number of benzene rings is 1. The van der Waals surface area contributed by atoms with Gasteiger partial charge in [-0.05, 0) is 30.5 Å². The summed E-state index contributed by atoms with van der Waals surface area (Å²) in [5.41, 5.74) is 0.928. The Bertz CT molecular complexity index is 294. The monoisotopic (exact) mass is 180 g/mol. The fourth-order valence-electron chi connectivity index (χ4n) is 1.11. The zero-order chi connectivity index (χ0) is 9.68. The molecule has 0 aliphatic carbocycles. The first kappa shape index (κ1) is 9.58. The van der Waals surface area contributed by atoms with Crippen LogP contribution in [0.15, 0.2) is 18.2 Å². The number of phenolic OH excluding ortho intramolecular Hbond substituents is 2. The van der Waals surface area contributed by atoms with Crippen molar-refractivity contribution < 1.29 is 15.0 Å². The van der Waals surface area contributed by atoms with E-state index in [1.54, 1.807) is 6.07 Å². The van der Waals surface area contributed by atoms with Crippen molar-refractivity contribution in [3.63, 3.8) is 0 Å². The van der Waals surface area contributed by atoms with Gasteiger partial charge in [0.15, 0.2) is 11.5 Å². The summed E-state index contributed by atoms with van der Waals surface area (Å²) in [6.45, 7) is 0. The number of carbonyl (C=O) groups is 1. The van der Waals surface area contributed by atoms with Crippen LogP contribution in [-0.2, 0) is 11.2 Å². The summed E-state index contributed by atoms with van der Waals surface area (Å²) in [4.78, 5) is 10.0. The van der Waals surface area contributed by atoms with Gasteiger partial charge in [-0.3, -0.25) is 0 Å². The minimum absolute atomic E-state index is 0.108. The molecule has 0 heterocycles. The van der Waals surface area contributed by atoms with Gasteiger partial charge < -0.3 is 15.0 Å². The van der Waals surface area contributed by atoms with E-state index in [0.29, 0.717) is 6.42 Å². The molecule has 1 aromatic carbocycles. The Morgan fingerprint density at radius 1 is 1.23 bits per heavy atom. The van der Waals surface area contributed by atoms with E-state index in [4.69, 9.17) is 10.2 Å². The molecule has 13 heavy (non-hydrogen) atoms. The van der Waals surface area contributed by atoms with Gasteiger partial charge in [0.05, 0.1) is 0 Å². The van der Waals surface area contributed by atoms with E-state index < -0.39 is 0 Å². The normalized spacial score (nSPS) is 9.85. The predicted octanol–water partition coefficient (Wildman–Crippen LogP) is 1.62. The van der Waals surface area contributed by atoms with Crippen molar-refractivity contribution in [1.29, 1.82) is 0 Å². The quantitative estimate of drug-likeness (QED) is 0.420. The van der Waals surface area contributed by atoms with Crippen LogP contribution in [-0.4, -0.2) is 16.5 Å². The topological polar surface area (TPSA) is 57.5 Å². The van der Waals surface area contributed by atoms with E-state index in [-0.39, 0.29) is 11.5 Å². The third-order valence-electron chi connectivity index (χ3n) is 1.83. The van der Waals surface area contributed by atoms with Gasteiger partial charge in [-0.1, -0.05) is 6.07 Å². The lowest BCUT2D eigenvalue weighted by molar-refractivity contribution is -0.107. The lowest BCUT2D eigenvalue weighted by Crippen LogP contribution is -1.85. The number of aryl methyl sites for hydroxylation is 1. The van der Waals surface area contributed by atoms with Gasteiger partial charge in [0, 0.05) is 6.42 Å². The van der Waals surface area contributed by atoms with Crippen LogP contribution >= 0.6 is 0 Å². The van der Waals surface area contributed by atoms with Crippen LogP contribution in [0.1, 0.15) is 18.4 Å². The SMILES string of the molecule is O=CCCCc1ccc(O)c(O)c1. The first-order chi connectivity index (χ1) is 6.24.